The van der Waals surface area contributed by atoms with E-state index in [0.717, 1.165) is 12.0 Å². The fraction of sp³-hybridized carbons (Fsp3) is 0.375. The normalized spacial score (nSPS) is 9.77. The monoisotopic (exact) mass is 307 g/mol. The molecule has 0 heterocycles. The van der Waals surface area contributed by atoms with Gasteiger partial charge in [-0.3, -0.25) is 0 Å². The van der Waals surface area contributed by atoms with E-state index in [2.05, 4.69) is 11.9 Å². The molecule has 6 heteroatoms. The molecule has 1 aromatic carbocycles. The standard InChI is InChI=1S/C16H21NO5/c1-5-12-6-7-13(14(10-12)20-4)22-16(19)17-8-9-21-15(18)11(2)3/h6-7,10H,2,5,8-9H2,1,3-4H3,(H,17,19). The Kier molecular flexibility index (Phi) is 6.95. The van der Waals surface area contributed by atoms with Crippen molar-refractivity contribution in [3.8, 4) is 11.5 Å². The molecule has 0 spiro atoms. The lowest BCUT2D eigenvalue weighted by Crippen LogP contribution is -2.30. The minimum Gasteiger partial charge on any atom is -0.493 e. The number of ether oxygens (including phenoxy) is 3. The van der Waals surface area contributed by atoms with Crippen LogP contribution < -0.4 is 14.8 Å². The molecule has 1 amide bonds. The van der Waals surface area contributed by atoms with E-state index in [1.54, 1.807) is 13.0 Å². The van der Waals surface area contributed by atoms with Gasteiger partial charge in [-0.05, 0) is 31.0 Å². The van der Waals surface area contributed by atoms with Crippen molar-refractivity contribution in [1.29, 1.82) is 0 Å². The van der Waals surface area contributed by atoms with Crippen LogP contribution >= 0.6 is 0 Å². The van der Waals surface area contributed by atoms with Crippen molar-refractivity contribution in [2.75, 3.05) is 20.3 Å². The summed E-state index contributed by atoms with van der Waals surface area (Å²) in [7, 11) is 1.51. The first-order valence-electron chi connectivity index (χ1n) is 6.93. The number of hydrogen-bond acceptors (Lipinski definition) is 5. The number of hydrogen-bond donors (Lipinski definition) is 1. The maximum atomic E-state index is 11.7. The maximum absolute atomic E-state index is 11.7. The summed E-state index contributed by atoms with van der Waals surface area (Å²) in [5.74, 6) is 0.325. The Hall–Kier alpha value is -2.50. The molecule has 0 saturated carbocycles. The number of amides is 1. The smallest absolute Gasteiger partial charge is 0.412 e. The molecule has 1 N–H and O–H groups in total. The van der Waals surface area contributed by atoms with Gasteiger partial charge in [0.25, 0.3) is 0 Å². The zero-order valence-corrected chi connectivity index (χ0v) is 13.1. The molecule has 1 rings (SSSR count). The summed E-state index contributed by atoms with van der Waals surface area (Å²) in [5.41, 5.74) is 1.39. The van der Waals surface area contributed by atoms with Crippen molar-refractivity contribution in [2.45, 2.75) is 20.3 Å². The lowest BCUT2D eigenvalue weighted by atomic mass is 10.1. The second-order valence-electron chi connectivity index (χ2n) is 4.57. The quantitative estimate of drug-likeness (QED) is 0.476. The molecule has 0 bridgehead atoms. The van der Waals surface area contributed by atoms with Crippen molar-refractivity contribution in [3.63, 3.8) is 0 Å². The number of benzene rings is 1. The molecule has 22 heavy (non-hydrogen) atoms. The van der Waals surface area contributed by atoms with Crippen molar-refractivity contribution in [1.82, 2.24) is 5.32 Å². The zero-order chi connectivity index (χ0) is 16.5. The average molecular weight is 307 g/mol. The van der Waals surface area contributed by atoms with Gasteiger partial charge < -0.3 is 19.5 Å². The first kappa shape index (κ1) is 17.6. The van der Waals surface area contributed by atoms with Gasteiger partial charge >= 0.3 is 12.1 Å². The van der Waals surface area contributed by atoms with Crippen molar-refractivity contribution >= 4 is 12.1 Å². The van der Waals surface area contributed by atoms with E-state index in [4.69, 9.17) is 14.2 Å². The fourth-order valence-corrected chi connectivity index (χ4v) is 1.57. The second-order valence-corrected chi connectivity index (χ2v) is 4.57. The van der Waals surface area contributed by atoms with Gasteiger partial charge in [0.1, 0.15) is 6.61 Å². The van der Waals surface area contributed by atoms with Gasteiger partial charge in [-0.1, -0.05) is 19.6 Å². The number of esters is 1. The van der Waals surface area contributed by atoms with Crippen LogP contribution in [0.1, 0.15) is 19.4 Å². The number of methoxy groups -OCH3 is 1. The molecule has 0 aliphatic rings. The van der Waals surface area contributed by atoms with Crippen LogP contribution in [0.4, 0.5) is 4.79 Å². The molecule has 0 fully saturated rings. The first-order valence-corrected chi connectivity index (χ1v) is 6.93. The van der Waals surface area contributed by atoms with Crippen LogP contribution in [0.15, 0.2) is 30.4 Å². The Bertz CT molecular complexity index is 553. The number of nitrogens with one attached hydrogen (secondary N) is 1. The molecule has 0 aromatic heterocycles. The van der Waals surface area contributed by atoms with E-state index in [1.807, 2.05) is 19.1 Å². The van der Waals surface area contributed by atoms with E-state index in [1.165, 1.54) is 7.11 Å². The third-order valence-electron chi connectivity index (χ3n) is 2.79. The van der Waals surface area contributed by atoms with Crippen LogP contribution in [0.5, 0.6) is 11.5 Å². The molecule has 0 saturated heterocycles. The number of carbonyl (C=O) groups is 2. The Morgan fingerprint density at radius 3 is 2.59 bits per heavy atom. The number of aryl methyl sites for hydroxylation is 1. The number of rotatable bonds is 7. The van der Waals surface area contributed by atoms with Gasteiger partial charge in [-0.25, -0.2) is 9.59 Å². The third-order valence-corrected chi connectivity index (χ3v) is 2.79. The zero-order valence-electron chi connectivity index (χ0n) is 13.1. The largest absolute Gasteiger partial charge is 0.493 e. The van der Waals surface area contributed by atoms with Gasteiger partial charge in [0, 0.05) is 5.57 Å². The van der Waals surface area contributed by atoms with Crippen molar-refractivity contribution in [3.05, 3.63) is 35.9 Å². The summed E-state index contributed by atoms with van der Waals surface area (Å²) >= 11 is 0. The lowest BCUT2D eigenvalue weighted by Gasteiger charge is -2.11. The molecule has 0 aliphatic carbocycles. The Labute approximate surface area is 130 Å². The fourth-order valence-electron chi connectivity index (χ4n) is 1.57. The van der Waals surface area contributed by atoms with E-state index in [0.29, 0.717) is 17.1 Å². The van der Waals surface area contributed by atoms with Crippen molar-refractivity contribution < 1.29 is 23.8 Å². The summed E-state index contributed by atoms with van der Waals surface area (Å²) in [6, 6.07) is 5.36. The Balaban J connectivity index is 2.45. The SMILES string of the molecule is C=C(C)C(=O)OCCNC(=O)Oc1ccc(CC)cc1OC. The van der Waals surface area contributed by atoms with Crippen LogP contribution in [-0.4, -0.2) is 32.3 Å². The summed E-state index contributed by atoms with van der Waals surface area (Å²) < 4.78 is 15.2. The van der Waals surface area contributed by atoms with Crippen LogP contribution in [0, 0.1) is 0 Å². The molecule has 0 aliphatic heterocycles. The molecule has 1 aromatic rings. The average Bonchev–Trinajstić information content (AvgIpc) is 2.51. The molecule has 0 atom stereocenters. The highest BCUT2D eigenvalue weighted by Crippen LogP contribution is 2.28. The molecule has 0 radical (unpaired) electrons. The highest BCUT2D eigenvalue weighted by atomic mass is 16.6. The topological polar surface area (TPSA) is 73.9 Å². The Morgan fingerprint density at radius 1 is 1.27 bits per heavy atom. The van der Waals surface area contributed by atoms with Gasteiger partial charge in [-0.15, -0.1) is 0 Å². The van der Waals surface area contributed by atoms with E-state index >= 15 is 0 Å². The highest BCUT2D eigenvalue weighted by Gasteiger charge is 2.10. The van der Waals surface area contributed by atoms with Crippen LogP contribution in [-0.2, 0) is 16.0 Å². The number of carbonyl (C=O) groups excluding carboxylic acids is 2. The van der Waals surface area contributed by atoms with Gasteiger partial charge in [-0.2, -0.15) is 0 Å². The maximum Gasteiger partial charge on any atom is 0.412 e. The first-order chi connectivity index (χ1) is 10.5. The van der Waals surface area contributed by atoms with Gasteiger partial charge in [0.2, 0.25) is 0 Å². The van der Waals surface area contributed by atoms with E-state index < -0.39 is 12.1 Å². The lowest BCUT2D eigenvalue weighted by molar-refractivity contribution is -0.138. The minimum absolute atomic E-state index is 0.0483. The highest BCUT2D eigenvalue weighted by molar-refractivity contribution is 5.86. The van der Waals surface area contributed by atoms with E-state index in [-0.39, 0.29) is 13.2 Å². The minimum atomic E-state index is -0.645. The van der Waals surface area contributed by atoms with Gasteiger partial charge in [0.15, 0.2) is 11.5 Å². The molecular formula is C16H21NO5. The summed E-state index contributed by atoms with van der Waals surface area (Å²) in [6.07, 6.45) is 0.214. The predicted octanol–water partition coefficient (Wildman–Crippen LogP) is 2.47. The van der Waals surface area contributed by atoms with E-state index in [9.17, 15) is 9.59 Å². The predicted molar refractivity (Wildman–Crippen MR) is 82.2 cm³/mol. The summed E-state index contributed by atoms with van der Waals surface area (Å²) in [6.45, 7) is 7.23. The van der Waals surface area contributed by atoms with Gasteiger partial charge in [0.05, 0.1) is 13.7 Å². The van der Waals surface area contributed by atoms with Crippen LogP contribution in [0.25, 0.3) is 0 Å². The second kappa shape index (κ2) is 8.71. The third kappa shape index (κ3) is 5.47. The molecule has 0 unspecified atom stereocenters. The summed E-state index contributed by atoms with van der Waals surface area (Å²) in [4.78, 5) is 22.8. The summed E-state index contributed by atoms with van der Waals surface area (Å²) in [5, 5.41) is 2.48. The van der Waals surface area contributed by atoms with Crippen molar-refractivity contribution in [2.24, 2.45) is 0 Å². The molecule has 6 nitrogen and oxygen atoms in total. The molecular weight excluding hydrogens is 286 g/mol. The van der Waals surface area contributed by atoms with Crippen LogP contribution in [0.2, 0.25) is 0 Å². The Morgan fingerprint density at radius 2 is 2.00 bits per heavy atom. The van der Waals surface area contributed by atoms with Crippen LogP contribution in [0.3, 0.4) is 0 Å². The molecule has 120 valence electrons.